The van der Waals surface area contributed by atoms with E-state index in [1.807, 2.05) is 36.4 Å². The molecule has 0 heterocycles. The number of benzene rings is 4. The summed E-state index contributed by atoms with van der Waals surface area (Å²) in [5.74, 6) is 0.370. The lowest BCUT2D eigenvalue weighted by Gasteiger charge is -2.11. The number of nitrogens with zero attached hydrogens (tertiary/aromatic N) is 1. The van der Waals surface area contributed by atoms with Gasteiger partial charge in [0.15, 0.2) is 0 Å². The van der Waals surface area contributed by atoms with Gasteiger partial charge in [-0.2, -0.15) is 5.10 Å². The Hall–Kier alpha value is -3.64. The molecule has 0 fully saturated rings. The van der Waals surface area contributed by atoms with Crippen LogP contribution in [-0.4, -0.2) is 12.1 Å². The first-order valence-electron chi connectivity index (χ1n) is 9.69. The fraction of sp³-hybridized carbons (Fsp3) is 0.0400. The van der Waals surface area contributed by atoms with Crippen molar-refractivity contribution >= 4 is 44.5 Å². The molecule has 4 aromatic carbocycles. The number of nitrogens with two attached hydrogens (primary N) is 1. The van der Waals surface area contributed by atoms with Crippen molar-refractivity contribution in [3.8, 4) is 5.75 Å². The molecule has 0 saturated heterocycles. The number of anilines is 1. The first-order chi connectivity index (χ1) is 15.1. The van der Waals surface area contributed by atoms with E-state index in [0.29, 0.717) is 17.9 Å². The lowest BCUT2D eigenvalue weighted by Crippen LogP contribution is -2.18. The molecule has 3 N–H and O–H groups in total. The van der Waals surface area contributed by atoms with Crippen LogP contribution in [0.4, 0.5) is 5.69 Å². The van der Waals surface area contributed by atoms with Crippen LogP contribution in [0.2, 0.25) is 0 Å². The van der Waals surface area contributed by atoms with Gasteiger partial charge < -0.3 is 10.5 Å². The summed E-state index contributed by atoms with van der Waals surface area (Å²) in [4.78, 5) is 12.2. The number of para-hydroxylation sites is 1. The SMILES string of the molecule is Nc1ccccc1C(=O)N/N=C/c1ccc(OCc2cccc3ccccc23)c(Br)c1. The van der Waals surface area contributed by atoms with Crippen molar-refractivity contribution in [3.05, 3.63) is 106 Å². The van der Waals surface area contributed by atoms with Crippen LogP contribution in [0.5, 0.6) is 5.75 Å². The van der Waals surface area contributed by atoms with Crippen LogP contribution in [-0.2, 0) is 6.61 Å². The smallest absolute Gasteiger partial charge is 0.273 e. The monoisotopic (exact) mass is 473 g/mol. The van der Waals surface area contributed by atoms with Gasteiger partial charge in [-0.05, 0) is 68.2 Å². The second-order valence-corrected chi connectivity index (χ2v) is 7.76. The van der Waals surface area contributed by atoms with Gasteiger partial charge in [0.05, 0.1) is 16.3 Å². The fourth-order valence-corrected chi connectivity index (χ4v) is 3.73. The molecule has 6 heteroatoms. The zero-order chi connectivity index (χ0) is 21.6. The second-order valence-electron chi connectivity index (χ2n) is 6.90. The van der Waals surface area contributed by atoms with E-state index in [-0.39, 0.29) is 5.91 Å². The van der Waals surface area contributed by atoms with E-state index in [1.165, 1.54) is 10.8 Å². The molecular formula is C25H20BrN3O2. The van der Waals surface area contributed by atoms with Gasteiger partial charge in [0.2, 0.25) is 0 Å². The van der Waals surface area contributed by atoms with Crippen LogP contribution < -0.4 is 15.9 Å². The van der Waals surface area contributed by atoms with Gasteiger partial charge in [-0.1, -0.05) is 54.6 Å². The first kappa shape index (κ1) is 20.6. The van der Waals surface area contributed by atoms with Gasteiger partial charge in [-0.3, -0.25) is 4.79 Å². The number of hydrogen-bond acceptors (Lipinski definition) is 4. The molecular weight excluding hydrogens is 454 g/mol. The van der Waals surface area contributed by atoms with Crippen LogP contribution in [0.3, 0.4) is 0 Å². The lowest BCUT2D eigenvalue weighted by atomic mass is 10.1. The highest BCUT2D eigenvalue weighted by Crippen LogP contribution is 2.27. The largest absolute Gasteiger partial charge is 0.488 e. The number of rotatable bonds is 6. The third-order valence-corrected chi connectivity index (χ3v) is 5.42. The molecule has 0 aliphatic heterocycles. The third-order valence-electron chi connectivity index (χ3n) is 4.80. The quantitative estimate of drug-likeness (QED) is 0.219. The van der Waals surface area contributed by atoms with E-state index in [1.54, 1.807) is 30.5 Å². The van der Waals surface area contributed by atoms with E-state index in [0.717, 1.165) is 21.3 Å². The summed E-state index contributed by atoms with van der Waals surface area (Å²) < 4.78 is 6.83. The van der Waals surface area contributed by atoms with Crippen molar-refractivity contribution in [3.63, 3.8) is 0 Å². The Morgan fingerprint density at radius 2 is 1.77 bits per heavy atom. The van der Waals surface area contributed by atoms with Gasteiger partial charge in [-0.25, -0.2) is 5.43 Å². The van der Waals surface area contributed by atoms with Crippen LogP contribution in [0, 0.1) is 0 Å². The van der Waals surface area contributed by atoms with Gasteiger partial charge in [0, 0.05) is 5.69 Å². The maximum atomic E-state index is 12.2. The van der Waals surface area contributed by atoms with E-state index < -0.39 is 0 Å². The highest BCUT2D eigenvalue weighted by atomic mass is 79.9. The Morgan fingerprint density at radius 1 is 1.00 bits per heavy atom. The lowest BCUT2D eigenvalue weighted by molar-refractivity contribution is 0.0956. The number of halogens is 1. The van der Waals surface area contributed by atoms with Crippen molar-refractivity contribution in [2.45, 2.75) is 6.61 Å². The fourth-order valence-electron chi connectivity index (χ4n) is 3.22. The number of fused-ring (bicyclic) bond motifs is 1. The third kappa shape index (κ3) is 4.92. The number of ether oxygens (including phenoxy) is 1. The van der Waals surface area contributed by atoms with Crippen molar-refractivity contribution < 1.29 is 9.53 Å². The number of hydrogen-bond donors (Lipinski definition) is 2. The molecule has 0 atom stereocenters. The van der Waals surface area contributed by atoms with Crippen LogP contribution in [0.1, 0.15) is 21.5 Å². The normalized spacial score (nSPS) is 11.0. The van der Waals surface area contributed by atoms with Crippen molar-refractivity contribution in [1.82, 2.24) is 5.43 Å². The number of hydrazone groups is 1. The number of carbonyl (C=O) groups is 1. The van der Waals surface area contributed by atoms with E-state index in [4.69, 9.17) is 10.5 Å². The van der Waals surface area contributed by atoms with Crippen LogP contribution in [0.15, 0.2) is 94.5 Å². The number of amides is 1. The highest BCUT2D eigenvalue weighted by molar-refractivity contribution is 9.10. The molecule has 0 aromatic heterocycles. The molecule has 0 aliphatic rings. The zero-order valence-electron chi connectivity index (χ0n) is 16.6. The topological polar surface area (TPSA) is 76.7 Å². The Bertz CT molecular complexity index is 1270. The zero-order valence-corrected chi connectivity index (χ0v) is 18.2. The van der Waals surface area contributed by atoms with E-state index in [2.05, 4.69) is 50.7 Å². The molecule has 0 aliphatic carbocycles. The minimum atomic E-state index is -0.358. The number of nitrogen functional groups attached to an aromatic ring is 1. The highest BCUT2D eigenvalue weighted by Gasteiger charge is 2.08. The molecule has 31 heavy (non-hydrogen) atoms. The van der Waals surface area contributed by atoms with Crippen molar-refractivity contribution in [2.75, 3.05) is 5.73 Å². The second kappa shape index (κ2) is 9.45. The minimum absolute atomic E-state index is 0.358. The molecule has 154 valence electrons. The summed E-state index contributed by atoms with van der Waals surface area (Å²) in [5, 5.41) is 6.38. The standard InChI is InChI=1S/C25H20BrN3O2/c26-22-14-17(15-28-29-25(30)21-10-3-4-11-23(21)27)12-13-24(22)31-16-19-8-5-7-18-6-1-2-9-20(18)19/h1-15H,16,27H2,(H,29,30)/b28-15+. The Morgan fingerprint density at radius 3 is 2.61 bits per heavy atom. The summed E-state index contributed by atoms with van der Waals surface area (Å²) in [7, 11) is 0. The minimum Gasteiger partial charge on any atom is -0.488 e. The molecule has 5 nitrogen and oxygen atoms in total. The molecule has 4 rings (SSSR count). The van der Waals surface area contributed by atoms with Gasteiger partial charge >= 0.3 is 0 Å². The molecule has 4 aromatic rings. The molecule has 0 unspecified atom stereocenters. The van der Waals surface area contributed by atoms with Crippen molar-refractivity contribution in [2.24, 2.45) is 5.10 Å². The molecule has 0 spiro atoms. The summed E-state index contributed by atoms with van der Waals surface area (Å²) in [6, 6.07) is 26.9. The molecule has 0 bridgehead atoms. The Balaban J connectivity index is 1.40. The van der Waals surface area contributed by atoms with Crippen molar-refractivity contribution in [1.29, 1.82) is 0 Å². The maximum absolute atomic E-state index is 12.2. The summed E-state index contributed by atoms with van der Waals surface area (Å²) in [5.41, 5.74) is 11.0. The first-order valence-corrected chi connectivity index (χ1v) is 10.5. The average molecular weight is 474 g/mol. The predicted molar refractivity (Wildman–Crippen MR) is 128 cm³/mol. The number of carbonyl (C=O) groups excluding carboxylic acids is 1. The van der Waals surface area contributed by atoms with E-state index >= 15 is 0 Å². The Labute approximate surface area is 188 Å². The average Bonchev–Trinajstić information content (AvgIpc) is 2.79. The molecule has 1 amide bonds. The summed E-state index contributed by atoms with van der Waals surface area (Å²) in [6.07, 6.45) is 1.57. The van der Waals surface area contributed by atoms with Crippen LogP contribution >= 0.6 is 15.9 Å². The molecule has 0 saturated carbocycles. The van der Waals surface area contributed by atoms with Crippen LogP contribution in [0.25, 0.3) is 10.8 Å². The maximum Gasteiger partial charge on any atom is 0.273 e. The Kier molecular flexibility index (Phi) is 6.29. The summed E-state index contributed by atoms with van der Waals surface area (Å²) >= 11 is 3.55. The van der Waals surface area contributed by atoms with E-state index in [9.17, 15) is 4.79 Å². The van der Waals surface area contributed by atoms with Gasteiger partial charge in [0.1, 0.15) is 12.4 Å². The predicted octanol–water partition coefficient (Wildman–Crippen LogP) is 5.53. The van der Waals surface area contributed by atoms with Gasteiger partial charge in [-0.15, -0.1) is 0 Å². The molecule has 0 radical (unpaired) electrons. The number of nitrogens with one attached hydrogen (secondary N) is 1. The van der Waals surface area contributed by atoms with Gasteiger partial charge in [0.25, 0.3) is 5.91 Å². The summed E-state index contributed by atoms with van der Waals surface area (Å²) in [6.45, 7) is 0.460.